The number of aryl methyl sites for hydroxylation is 1. The summed E-state index contributed by atoms with van der Waals surface area (Å²) in [7, 11) is 4.68. The van der Waals surface area contributed by atoms with E-state index in [0.29, 0.717) is 34.6 Å². The minimum Gasteiger partial charge on any atom is -0.496 e. The molecule has 0 aliphatic carbocycles. The SMILES string of the molecule is COc1cc(OC)c(OC)cc1CNC(=O)c1ccc(-c2nnc(-c3cccc(C)c3)o2)cc1. The van der Waals surface area contributed by atoms with Crippen LogP contribution in [0.15, 0.2) is 65.1 Å². The quantitative estimate of drug-likeness (QED) is 0.409. The average molecular weight is 460 g/mol. The third-order valence-corrected chi connectivity index (χ3v) is 5.31. The van der Waals surface area contributed by atoms with Crippen molar-refractivity contribution in [2.24, 2.45) is 0 Å². The van der Waals surface area contributed by atoms with Crippen molar-refractivity contribution in [1.29, 1.82) is 0 Å². The maximum Gasteiger partial charge on any atom is 0.251 e. The molecule has 0 aliphatic heterocycles. The van der Waals surface area contributed by atoms with Gasteiger partial charge in [0.2, 0.25) is 11.8 Å². The summed E-state index contributed by atoms with van der Waals surface area (Å²) in [5.74, 6) is 2.31. The zero-order valence-corrected chi connectivity index (χ0v) is 19.4. The Morgan fingerprint density at radius 3 is 2.12 bits per heavy atom. The molecule has 0 saturated heterocycles. The largest absolute Gasteiger partial charge is 0.496 e. The van der Waals surface area contributed by atoms with Crippen LogP contribution in [0.3, 0.4) is 0 Å². The molecule has 0 aliphatic rings. The fourth-order valence-corrected chi connectivity index (χ4v) is 3.51. The summed E-state index contributed by atoms with van der Waals surface area (Å²) in [6.07, 6.45) is 0. The lowest BCUT2D eigenvalue weighted by atomic mass is 10.1. The third kappa shape index (κ3) is 4.85. The van der Waals surface area contributed by atoms with Crippen LogP contribution in [-0.2, 0) is 6.54 Å². The summed E-state index contributed by atoms with van der Waals surface area (Å²) in [6, 6.07) is 18.3. The number of nitrogens with one attached hydrogen (secondary N) is 1. The number of aromatic nitrogens is 2. The zero-order valence-electron chi connectivity index (χ0n) is 19.4. The summed E-state index contributed by atoms with van der Waals surface area (Å²) in [4.78, 5) is 12.7. The molecule has 1 heterocycles. The van der Waals surface area contributed by atoms with Gasteiger partial charge in [-0.2, -0.15) is 0 Å². The molecule has 0 atom stereocenters. The van der Waals surface area contributed by atoms with E-state index in [1.54, 1.807) is 57.7 Å². The van der Waals surface area contributed by atoms with Crippen LogP contribution in [0.1, 0.15) is 21.5 Å². The number of carbonyl (C=O) groups excluding carboxylic acids is 1. The minimum absolute atomic E-state index is 0.227. The van der Waals surface area contributed by atoms with Crippen LogP contribution in [0.4, 0.5) is 0 Å². The summed E-state index contributed by atoms with van der Waals surface area (Å²) in [6.45, 7) is 2.26. The molecule has 1 aromatic heterocycles. The second-order valence-corrected chi connectivity index (χ2v) is 7.56. The van der Waals surface area contributed by atoms with Crippen LogP contribution >= 0.6 is 0 Å². The molecule has 0 saturated carbocycles. The number of amides is 1. The van der Waals surface area contributed by atoms with E-state index in [1.807, 2.05) is 31.2 Å². The van der Waals surface area contributed by atoms with Crippen LogP contribution in [0.2, 0.25) is 0 Å². The van der Waals surface area contributed by atoms with Gasteiger partial charge < -0.3 is 23.9 Å². The number of methoxy groups -OCH3 is 3. The lowest BCUT2D eigenvalue weighted by molar-refractivity contribution is 0.0950. The van der Waals surface area contributed by atoms with Crippen molar-refractivity contribution in [2.75, 3.05) is 21.3 Å². The van der Waals surface area contributed by atoms with Gasteiger partial charge in [-0.25, -0.2) is 0 Å². The number of hydrogen-bond acceptors (Lipinski definition) is 7. The molecule has 0 bridgehead atoms. The van der Waals surface area contributed by atoms with E-state index in [9.17, 15) is 4.79 Å². The topological polar surface area (TPSA) is 95.7 Å². The van der Waals surface area contributed by atoms with Crippen molar-refractivity contribution < 1.29 is 23.4 Å². The number of nitrogens with zero attached hydrogens (tertiary/aromatic N) is 2. The first-order chi connectivity index (χ1) is 16.5. The first kappa shape index (κ1) is 22.8. The van der Waals surface area contributed by atoms with E-state index in [1.165, 1.54) is 0 Å². The molecular formula is C26H25N3O5. The van der Waals surface area contributed by atoms with Crippen LogP contribution < -0.4 is 19.5 Å². The summed E-state index contributed by atoms with van der Waals surface area (Å²) >= 11 is 0. The molecule has 0 radical (unpaired) electrons. The standard InChI is InChI=1S/C26H25N3O5/c1-16-6-5-7-19(12-16)26-29-28-25(34-26)18-10-8-17(9-11-18)24(30)27-15-20-13-22(32-3)23(33-4)14-21(20)31-2/h5-14H,15H2,1-4H3,(H,27,30). The van der Waals surface area contributed by atoms with E-state index in [4.69, 9.17) is 18.6 Å². The summed E-state index contributed by atoms with van der Waals surface area (Å²) in [5.41, 5.74) is 3.96. The number of hydrogen-bond donors (Lipinski definition) is 1. The molecule has 174 valence electrons. The highest BCUT2D eigenvalue weighted by Gasteiger charge is 2.15. The van der Waals surface area contributed by atoms with Gasteiger partial charge in [0, 0.05) is 34.9 Å². The maximum absolute atomic E-state index is 12.7. The number of rotatable bonds is 8. The smallest absolute Gasteiger partial charge is 0.251 e. The zero-order chi connectivity index (χ0) is 24.1. The van der Waals surface area contributed by atoms with Crippen molar-refractivity contribution >= 4 is 5.91 Å². The third-order valence-electron chi connectivity index (χ3n) is 5.31. The number of benzene rings is 3. The van der Waals surface area contributed by atoms with Crippen LogP contribution in [0, 0.1) is 6.92 Å². The van der Waals surface area contributed by atoms with Crippen molar-refractivity contribution in [3.63, 3.8) is 0 Å². The van der Waals surface area contributed by atoms with E-state index in [-0.39, 0.29) is 12.5 Å². The molecule has 1 N–H and O–H groups in total. The molecule has 0 fully saturated rings. The van der Waals surface area contributed by atoms with Crippen molar-refractivity contribution in [2.45, 2.75) is 13.5 Å². The number of carbonyl (C=O) groups is 1. The molecule has 34 heavy (non-hydrogen) atoms. The highest BCUT2D eigenvalue weighted by Crippen LogP contribution is 2.34. The van der Waals surface area contributed by atoms with E-state index in [2.05, 4.69) is 15.5 Å². The van der Waals surface area contributed by atoms with Gasteiger partial charge in [0.1, 0.15) is 5.75 Å². The van der Waals surface area contributed by atoms with E-state index in [0.717, 1.165) is 22.3 Å². The molecule has 4 aromatic rings. The summed E-state index contributed by atoms with van der Waals surface area (Å²) in [5, 5.41) is 11.2. The first-order valence-electron chi connectivity index (χ1n) is 10.6. The van der Waals surface area contributed by atoms with Crippen LogP contribution in [0.5, 0.6) is 17.2 Å². The van der Waals surface area contributed by atoms with Crippen LogP contribution in [-0.4, -0.2) is 37.4 Å². The van der Waals surface area contributed by atoms with E-state index >= 15 is 0 Å². The lowest BCUT2D eigenvalue weighted by Gasteiger charge is -2.14. The Bertz CT molecular complexity index is 1300. The van der Waals surface area contributed by atoms with Gasteiger partial charge in [0.05, 0.1) is 21.3 Å². The monoisotopic (exact) mass is 459 g/mol. The van der Waals surface area contributed by atoms with Gasteiger partial charge in [-0.3, -0.25) is 4.79 Å². The second-order valence-electron chi connectivity index (χ2n) is 7.56. The van der Waals surface area contributed by atoms with Crippen LogP contribution in [0.25, 0.3) is 22.9 Å². The Labute approximate surface area is 197 Å². The molecule has 8 heteroatoms. The second kappa shape index (κ2) is 10.1. The maximum atomic E-state index is 12.7. The first-order valence-corrected chi connectivity index (χ1v) is 10.6. The van der Waals surface area contributed by atoms with Gasteiger partial charge in [-0.05, 0) is 49.4 Å². The van der Waals surface area contributed by atoms with Gasteiger partial charge >= 0.3 is 0 Å². The molecule has 3 aromatic carbocycles. The molecule has 8 nitrogen and oxygen atoms in total. The summed E-state index contributed by atoms with van der Waals surface area (Å²) < 4.78 is 21.9. The Hall–Kier alpha value is -4.33. The fourth-order valence-electron chi connectivity index (χ4n) is 3.51. The van der Waals surface area contributed by atoms with Gasteiger partial charge in [0.25, 0.3) is 5.91 Å². The molecule has 1 amide bonds. The molecule has 0 spiro atoms. The van der Waals surface area contributed by atoms with Gasteiger partial charge in [-0.1, -0.05) is 17.7 Å². The Kier molecular flexibility index (Phi) is 6.77. The van der Waals surface area contributed by atoms with Gasteiger partial charge in [-0.15, -0.1) is 10.2 Å². The predicted octanol–water partition coefficient (Wildman–Crippen LogP) is 4.67. The highest BCUT2D eigenvalue weighted by molar-refractivity contribution is 5.94. The molecule has 4 rings (SSSR count). The van der Waals surface area contributed by atoms with E-state index < -0.39 is 0 Å². The lowest BCUT2D eigenvalue weighted by Crippen LogP contribution is -2.23. The molecule has 0 unspecified atom stereocenters. The van der Waals surface area contributed by atoms with Crippen molar-refractivity contribution in [3.8, 4) is 40.2 Å². The minimum atomic E-state index is -0.227. The van der Waals surface area contributed by atoms with Crippen molar-refractivity contribution in [1.82, 2.24) is 15.5 Å². The highest BCUT2D eigenvalue weighted by atomic mass is 16.5. The predicted molar refractivity (Wildman–Crippen MR) is 127 cm³/mol. The normalized spacial score (nSPS) is 10.6. The Morgan fingerprint density at radius 2 is 1.47 bits per heavy atom. The Morgan fingerprint density at radius 1 is 0.824 bits per heavy atom. The molecular weight excluding hydrogens is 434 g/mol. The average Bonchev–Trinajstić information content (AvgIpc) is 3.37. The van der Waals surface area contributed by atoms with Crippen molar-refractivity contribution in [3.05, 3.63) is 77.4 Å². The number of ether oxygens (including phenoxy) is 3. The fraction of sp³-hybridized carbons (Fsp3) is 0.192. The van der Waals surface area contributed by atoms with Gasteiger partial charge in [0.15, 0.2) is 11.5 Å². The Balaban J connectivity index is 1.45.